The zero-order chi connectivity index (χ0) is 20.8. The molecule has 1 N–H and O–H groups in total. The van der Waals surface area contributed by atoms with Crippen LogP contribution in [0.2, 0.25) is 0 Å². The van der Waals surface area contributed by atoms with E-state index in [4.69, 9.17) is 4.74 Å². The Morgan fingerprint density at radius 1 is 1.18 bits per heavy atom. The molecule has 0 saturated carbocycles. The molecular weight excluding hydrogens is 411 g/mol. The maximum atomic E-state index is 14.2. The molecule has 1 aromatic rings. The Bertz CT molecular complexity index is 896. The molecule has 0 radical (unpaired) electrons. The van der Waals surface area contributed by atoms with E-state index in [0.29, 0.717) is 6.42 Å². The number of ether oxygens (including phenoxy) is 1. The third-order valence-corrected chi connectivity index (χ3v) is 7.74. The lowest BCUT2D eigenvalue weighted by Gasteiger charge is -2.26. The molecule has 1 aromatic carbocycles. The number of sulfonamides is 1. The summed E-state index contributed by atoms with van der Waals surface area (Å²) in [5.74, 6) is -2.54. The number of hydrogen-bond acceptors (Lipinski definition) is 6. The van der Waals surface area contributed by atoms with Gasteiger partial charge in [0, 0.05) is 18.8 Å². The summed E-state index contributed by atoms with van der Waals surface area (Å²) in [6, 6.07) is 3.12. The van der Waals surface area contributed by atoms with E-state index in [-0.39, 0.29) is 37.7 Å². The van der Waals surface area contributed by atoms with Crippen LogP contribution in [0.15, 0.2) is 23.1 Å². The third kappa shape index (κ3) is 6.23. The Balaban J connectivity index is 2.11. The van der Waals surface area contributed by atoms with Crippen molar-refractivity contribution in [3.63, 3.8) is 0 Å². The van der Waals surface area contributed by atoms with E-state index in [0.717, 1.165) is 29.3 Å². The Morgan fingerprint density at radius 2 is 1.86 bits per heavy atom. The van der Waals surface area contributed by atoms with E-state index in [9.17, 15) is 26.0 Å². The zero-order valence-electron chi connectivity index (χ0n) is 15.7. The minimum absolute atomic E-state index is 0.0157. The molecule has 1 aliphatic rings. The monoisotopic (exact) mass is 436 g/mol. The second kappa shape index (κ2) is 9.77. The van der Waals surface area contributed by atoms with Crippen LogP contribution in [0.25, 0.3) is 0 Å². The zero-order valence-corrected chi connectivity index (χ0v) is 17.3. The van der Waals surface area contributed by atoms with Crippen LogP contribution in [0.1, 0.15) is 26.2 Å². The number of benzene rings is 1. The van der Waals surface area contributed by atoms with Crippen LogP contribution in [0.5, 0.6) is 0 Å². The first-order valence-corrected chi connectivity index (χ1v) is 12.3. The molecule has 0 spiro atoms. The summed E-state index contributed by atoms with van der Waals surface area (Å²) >= 11 is 0. The van der Waals surface area contributed by atoms with Crippen LogP contribution in [-0.4, -0.2) is 64.9 Å². The Labute approximate surface area is 165 Å². The van der Waals surface area contributed by atoms with Crippen molar-refractivity contribution in [2.75, 3.05) is 43.1 Å². The highest BCUT2D eigenvalue weighted by Crippen LogP contribution is 2.24. The first kappa shape index (κ1) is 22.7. The Hall–Kier alpha value is -1.56. The summed E-state index contributed by atoms with van der Waals surface area (Å²) in [6.07, 6.45) is 2.09. The van der Waals surface area contributed by atoms with Crippen LogP contribution in [0, 0.1) is 5.82 Å². The van der Waals surface area contributed by atoms with Gasteiger partial charge in [0.15, 0.2) is 9.84 Å². The summed E-state index contributed by atoms with van der Waals surface area (Å²) < 4.78 is 69.6. The number of amides is 1. The normalized spacial score (nSPS) is 16.1. The average molecular weight is 437 g/mol. The van der Waals surface area contributed by atoms with Crippen LogP contribution in [0.4, 0.5) is 10.1 Å². The number of unbranched alkanes of at least 4 members (excludes halogenated alkanes) is 2. The van der Waals surface area contributed by atoms with Crippen molar-refractivity contribution in [2.45, 2.75) is 31.1 Å². The number of anilines is 1. The molecule has 0 aliphatic carbocycles. The predicted molar refractivity (Wildman–Crippen MR) is 103 cm³/mol. The molecule has 2 rings (SSSR count). The van der Waals surface area contributed by atoms with E-state index < -0.39 is 42.2 Å². The first-order valence-electron chi connectivity index (χ1n) is 9.03. The molecule has 0 atom stereocenters. The minimum atomic E-state index is -4.09. The average Bonchev–Trinajstić information content (AvgIpc) is 2.63. The fraction of sp³-hybridized carbons (Fsp3) is 0.588. The van der Waals surface area contributed by atoms with Gasteiger partial charge in [0.2, 0.25) is 15.9 Å². The summed E-state index contributed by atoms with van der Waals surface area (Å²) in [6.45, 7) is 2.58. The molecule has 0 unspecified atom stereocenters. The highest BCUT2D eigenvalue weighted by Gasteiger charge is 2.29. The smallest absolute Gasteiger partial charge is 0.246 e. The Kier molecular flexibility index (Phi) is 7.93. The molecule has 8 nitrogen and oxygen atoms in total. The van der Waals surface area contributed by atoms with Gasteiger partial charge in [-0.1, -0.05) is 19.8 Å². The number of morpholine rings is 1. The van der Waals surface area contributed by atoms with Gasteiger partial charge in [0.25, 0.3) is 0 Å². The summed E-state index contributed by atoms with van der Waals surface area (Å²) in [5.41, 5.74) is 0.0157. The number of sulfone groups is 1. The third-order valence-electron chi connectivity index (χ3n) is 4.21. The van der Waals surface area contributed by atoms with Gasteiger partial charge in [0.1, 0.15) is 16.5 Å². The van der Waals surface area contributed by atoms with Crippen LogP contribution in [0.3, 0.4) is 0 Å². The highest BCUT2D eigenvalue weighted by molar-refractivity contribution is 7.92. The molecule has 0 aromatic heterocycles. The number of nitrogens with zero attached hydrogens (tertiary/aromatic N) is 1. The fourth-order valence-electron chi connectivity index (χ4n) is 2.75. The molecule has 1 aliphatic heterocycles. The van der Waals surface area contributed by atoms with Crippen molar-refractivity contribution in [1.82, 2.24) is 4.31 Å². The van der Waals surface area contributed by atoms with Crippen molar-refractivity contribution in [3.8, 4) is 0 Å². The number of halogens is 1. The number of nitrogens with one attached hydrogen (secondary N) is 1. The molecule has 1 amide bonds. The number of carbonyl (C=O) groups is 1. The maximum absolute atomic E-state index is 14.2. The van der Waals surface area contributed by atoms with Gasteiger partial charge < -0.3 is 10.1 Å². The maximum Gasteiger partial charge on any atom is 0.246 e. The summed E-state index contributed by atoms with van der Waals surface area (Å²) in [5, 5.41) is 2.34. The fourth-order valence-corrected chi connectivity index (χ4v) is 5.50. The van der Waals surface area contributed by atoms with E-state index in [1.165, 1.54) is 6.07 Å². The minimum Gasteiger partial charge on any atom is -0.379 e. The van der Waals surface area contributed by atoms with Crippen LogP contribution < -0.4 is 5.32 Å². The quantitative estimate of drug-likeness (QED) is 0.586. The molecular formula is C17H25FN2O6S2. The largest absolute Gasteiger partial charge is 0.379 e. The van der Waals surface area contributed by atoms with Crippen molar-refractivity contribution in [3.05, 3.63) is 24.0 Å². The van der Waals surface area contributed by atoms with Crippen molar-refractivity contribution < 1.29 is 30.8 Å². The van der Waals surface area contributed by atoms with Gasteiger partial charge in [-0.2, -0.15) is 4.31 Å². The number of carbonyl (C=O) groups excluding carboxylic acids is 1. The summed E-state index contributed by atoms with van der Waals surface area (Å²) in [7, 11) is -7.66. The van der Waals surface area contributed by atoms with Gasteiger partial charge in [-0.25, -0.2) is 21.2 Å². The first-order chi connectivity index (χ1) is 13.2. The number of hydrogen-bond donors (Lipinski definition) is 1. The number of rotatable bonds is 9. The van der Waals surface area contributed by atoms with Gasteiger partial charge in [-0.05, 0) is 24.6 Å². The van der Waals surface area contributed by atoms with Crippen LogP contribution >= 0.6 is 0 Å². The molecule has 11 heteroatoms. The molecule has 1 heterocycles. The lowest BCUT2D eigenvalue weighted by Crippen LogP contribution is -2.40. The SMILES string of the molecule is CCCCCS(=O)(=O)CC(=O)Nc1ccc(F)c(S(=O)(=O)N2CCOCC2)c1. The predicted octanol–water partition coefficient (Wildman–Crippen LogP) is 1.39. The van der Waals surface area contributed by atoms with Crippen LogP contribution in [-0.2, 0) is 29.4 Å². The van der Waals surface area contributed by atoms with Gasteiger partial charge >= 0.3 is 0 Å². The standard InChI is InChI=1S/C17H25FN2O6S2/c1-2-3-4-11-27(22,23)13-17(21)19-14-5-6-15(18)16(12-14)28(24,25)20-7-9-26-10-8-20/h5-6,12H,2-4,7-11,13H2,1H3,(H,19,21). The molecule has 1 saturated heterocycles. The lowest BCUT2D eigenvalue weighted by atomic mass is 10.3. The highest BCUT2D eigenvalue weighted by atomic mass is 32.2. The molecule has 158 valence electrons. The van der Waals surface area contributed by atoms with E-state index >= 15 is 0 Å². The van der Waals surface area contributed by atoms with Gasteiger partial charge in [-0.15, -0.1) is 0 Å². The Morgan fingerprint density at radius 3 is 2.50 bits per heavy atom. The summed E-state index contributed by atoms with van der Waals surface area (Å²) in [4.78, 5) is 11.5. The molecule has 0 bridgehead atoms. The second-order valence-corrected chi connectivity index (χ2v) is 10.6. The van der Waals surface area contributed by atoms with Crippen molar-refractivity contribution in [1.29, 1.82) is 0 Å². The van der Waals surface area contributed by atoms with Gasteiger partial charge in [0.05, 0.1) is 19.0 Å². The van der Waals surface area contributed by atoms with E-state index in [1.807, 2.05) is 6.92 Å². The second-order valence-electron chi connectivity index (χ2n) is 6.51. The van der Waals surface area contributed by atoms with E-state index in [1.54, 1.807) is 0 Å². The van der Waals surface area contributed by atoms with Crippen molar-refractivity contribution >= 4 is 31.5 Å². The van der Waals surface area contributed by atoms with Crippen molar-refractivity contribution in [2.24, 2.45) is 0 Å². The topological polar surface area (TPSA) is 110 Å². The lowest BCUT2D eigenvalue weighted by molar-refractivity contribution is -0.113. The molecule has 28 heavy (non-hydrogen) atoms. The van der Waals surface area contributed by atoms with E-state index in [2.05, 4.69) is 5.32 Å². The molecule has 1 fully saturated rings. The van der Waals surface area contributed by atoms with Gasteiger partial charge in [-0.3, -0.25) is 4.79 Å².